The summed E-state index contributed by atoms with van der Waals surface area (Å²) < 4.78 is 7.82. The number of hydrogen-bond acceptors (Lipinski definition) is 3. The van der Waals surface area contributed by atoms with Crippen LogP contribution in [0.5, 0.6) is 0 Å². The maximum Gasteiger partial charge on any atom is 0.137 e. The molecule has 0 aliphatic carbocycles. The Morgan fingerprint density at radius 2 is 2.11 bits per heavy atom. The first-order valence-electron chi connectivity index (χ1n) is 6.99. The highest BCUT2D eigenvalue weighted by atomic mass is 16.5. The van der Waals surface area contributed by atoms with Crippen molar-refractivity contribution in [2.24, 2.45) is 0 Å². The summed E-state index contributed by atoms with van der Waals surface area (Å²) in [5.74, 6) is 1.01. The van der Waals surface area contributed by atoms with Crippen LogP contribution in [0.1, 0.15) is 31.5 Å². The molecule has 0 saturated carbocycles. The number of rotatable bonds is 4. The van der Waals surface area contributed by atoms with E-state index in [1.807, 2.05) is 18.2 Å². The predicted molar refractivity (Wildman–Crippen MR) is 73.3 cm³/mol. The summed E-state index contributed by atoms with van der Waals surface area (Å²) in [5, 5.41) is 8.27. The van der Waals surface area contributed by atoms with Gasteiger partial charge in [0.15, 0.2) is 0 Å². The average Bonchev–Trinajstić information content (AvgIpc) is 2.95. The number of hydrogen-bond donors (Lipinski definition) is 0. The van der Waals surface area contributed by atoms with Crippen LogP contribution in [-0.4, -0.2) is 27.5 Å². The summed E-state index contributed by atoms with van der Waals surface area (Å²) in [5.41, 5.74) is 1.12. The molecule has 0 amide bonds. The lowest BCUT2D eigenvalue weighted by Crippen LogP contribution is -2.20. The van der Waals surface area contributed by atoms with E-state index >= 15 is 0 Å². The Kier molecular flexibility index (Phi) is 3.89. The van der Waals surface area contributed by atoms with Gasteiger partial charge in [-0.1, -0.05) is 18.2 Å². The molecule has 0 N–H and O–H groups in total. The highest BCUT2D eigenvalue weighted by Crippen LogP contribution is 2.18. The van der Waals surface area contributed by atoms with Crippen LogP contribution in [0.25, 0.3) is 5.69 Å². The van der Waals surface area contributed by atoms with E-state index in [1.54, 1.807) is 6.33 Å². The van der Waals surface area contributed by atoms with E-state index in [0.717, 1.165) is 31.0 Å². The van der Waals surface area contributed by atoms with Crippen LogP contribution in [0.2, 0.25) is 0 Å². The molecule has 2 aromatic rings. The van der Waals surface area contributed by atoms with Crippen molar-refractivity contribution in [1.29, 1.82) is 0 Å². The first kappa shape index (κ1) is 12.4. The molecule has 0 radical (unpaired) electrons. The maximum atomic E-state index is 5.76. The minimum Gasteiger partial charge on any atom is -0.378 e. The minimum atomic E-state index is 0.398. The fourth-order valence-electron chi connectivity index (χ4n) is 2.56. The molecule has 1 unspecified atom stereocenters. The first-order valence-corrected chi connectivity index (χ1v) is 6.99. The van der Waals surface area contributed by atoms with E-state index in [2.05, 4.69) is 26.9 Å². The standard InChI is InChI=1S/C15H19N3O/c1-2-6-13(7-3-1)18-12-16-17-15(18)10-9-14-8-4-5-11-19-14/h1-3,6-7,12,14H,4-5,8-11H2. The molecule has 3 rings (SSSR count). The van der Waals surface area contributed by atoms with Gasteiger partial charge < -0.3 is 4.74 Å². The largest absolute Gasteiger partial charge is 0.378 e. The topological polar surface area (TPSA) is 39.9 Å². The SMILES string of the molecule is c1ccc(-n2cnnc2CCC2CCCCO2)cc1. The highest BCUT2D eigenvalue weighted by molar-refractivity contribution is 5.31. The van der Waals surface area contributed by atoms with Crippen LogP contribution < -0.4 is 0 Å². The van der Waals surface area contributed by atoms with Crippen LogP contribution in [0, 0.1) is 0 Å². The Balaban J connectivity index is 1.67. The summed E-state index contributed by atoms with van der Waals surface area (Å²) in [6.45, 7) is 0.913. The average molecular weight is 257 g/mol. The molecule has 1 aliphatic heterocycles. The Morgan fingerprint density at radius 3 is 2.89 bits per heavy atom. The Hall–Kier alpha value is -1.68. The lowest BCUT2D eigenvalue weighted by atomic mass is 10.0. The monoisotopic (exact) mass is 257 g/mol. The van der Waals surface area contributed by atoms with Crippen molar-refractivity contribution >= 4 is 0 Å². The van der Waals surface area contributed by atoms with Crippen LogP contribution >= 0.6 is 0 Å². The van der Waals surface area contributed by atoms with Gasteiger partial charge in [0.05, 0.1) is 6.10 Å². The zero-order valence-corrected chi connectivity index (χ0v) is 11.0. The third-order valence-corrected chi connectivity index (χ3v) is 3.62. The van der Waals surface area contributed by atoms with Crippen molar-refractivity contribution in [3.8, 4) is 5.69 Å². The Labute approximate surface area is 113 Å². The number of nitrogens with zero attached hydrogens (tertiary/aromatic N) is 3. The normalized spacial score (nSPS) is 19.5. The third kappa shape index (κ3) is 3.01. The van der Waals surface area contributed by atoms with E-state index in [-0.39, 0.29) is 0 Å². The van der Waals surface area contributed by atoms with Crippen molar-refractivity contribution in [2.75, 3.05) is 6.61 Å². The number of aromatic nitrogens is 3. The molecule has 2 heterocycles. The molecule has 0 bridgehead atoms. The molecule has 4 heteroatoms. The Morgan fingerprint density at radius 1 is 1.21 bits per heavy atom. The summed E-state index contributed by atoms with van der Waals surface area (Å²) in [4.78, 5) is 0. The van der Waals surface area contributed by atoms with E-state index in [9.17, 15) is 0 Å². The number of aryl methyl sites for hydroxylation is 1. The van der Waals surface area contributed by atoms with Crippen LogP contribution in [-0.2, 0) is 11.2 Å². The van der Waals surface area contributed by atoms with Crippen molar-refractivity contribution in [3.63, 3.8) is 0 Å². The van der Waals surface area contributed by atoms with E-state index in [1.165, 1.54) is 19.3 Å². The van der Waals surface area contributed by atoms with Crippen molar-refractivity contribution in [2.45, 2.75) is 38.2 Å². The van der Waals surface area contributed by atoms with E-state index < -0.39 is 0 Å². The second-order valence-corrected chi connectivity index (χ2v) is 4.98. The lowest BCUT2D eigenvalue weighted by molar-refractivity contribution is 0.0111. The quantitative estimate of drug-likeness (QED) is 0.845. The molecular formula is C15H19N3O. The van der Waals surface area contributed by atoms with Gasteiger partial charge in [0.1, 0.15) is 12.2 Å². The first-order chi connectivity index (χ1) is 9.43. The summed E-state index contributed by atoms with van der Waals surface area (Å²) in [7, 11) is 0. The van der Waals surface area contributed by atoms with Crippen LogP contribution in [0.15, 0.2) is 36.7 Å². The molecule has 1 aliphatic rings. The molecule has 4 nitrogen and oxygen atoms in total. The van der Waals surface area contributed by atoms with Crippen molar-refractivity contribution < 1.29 is 4.74 Å². The number of para-hydroxylation sites is 1. The van der Waals surface area contributed by atoms with Gasteiger partial charge in [-0.15, -0.1) is 10.2 Å². The molecule has 100 valence electrons. The van der Waals surface area contributed by atoms with Gasteiger partial charge in [0, 0.05) is 18.7 Å². The van der Waals surface area contributed by atoms with Gasteiger partial charge in [0.2, 0.25) is 0 Å². The highest BCUT2D eigenvalue weighted by Gasteiger charge is 2.15. The van der Waals surface area contributed by atoms with Gasteiger partial charge >= 0.3 is 0 Å². The van der Waals surface area contributed by atoms with Crippen molar-refractivity contribution in [1.82, 2.24) is 14.8 Å². The van der Waals surface area contributed by atoms with Crippen molar-refractivity contribution in [3.05, 3.63) is 42.5 Å². The molecule has 1 atom stereocenters. The zero-order chi connectivity index (χ0) is 12.9. The third-order valence-electron chi connectivity index (χ3n) is 3.62. The summed E-state index contributed by atoms with van der Waals surface area (Å²) in [6, 6.07) is 10.2. The Bertz CT molecular complexity index is 503. The van der Waals surface area contributed by atoms with Gasteiger partial charge in [0.25, 0.3) is 0 Å². The smallest absolute Gasteiger partial charge is 0.137 e. The fourth-order valence-corrected chi connectivity index (χ4v) is 2.56. The molecular weight excluding hydrogens is 238 g/mol. The second kappa shape index (κ2) is 5.97. The minimum absolute atomic E-state index is 0.398. The van der Waals surface area contributed by atoms with E-state index in [0.29, 0.717) is 6.10 Å². The zero-order valence-electron chi connectivity index (χ0n) is 11.0. The number of ether oxygens (including phenoxy) is 1. The second-order valence-electron chi connectivity index (χ2n) is 4.98. The van der Waals surface area contributed by atoms with Gasteiger partial charge in [-0.3, -0.25) is 4.57 Å². The molecule has 1 saturated heterocycles. The van der Waals surface area contributed by atoms with E-state index in [4.69, 9.17) is 4.74 Å². The van der Waals surface area contributed by atoms with Gasteiger partial charge in [-0.25, -0.2) is 0 Å². The predicted octanol–water partition coefficient (Wildman–Crippen LogP) is 2.77. The maximum absolute atomic E-state index is 5.76. The molecule has 1 aromatic carbocycles. The molecule has 1 fully saturated rings. The van der Waals surface area contributed by atoms with Gasteiger partial charge in [-0.05, 0) is 37.8 Å². The number of benzene rings is 1. The van der Waals surface area contributed by atoms with Crippen LogP contribution in [0.4, 0.5) is 0 Å². The molecule has 19 heavy (non-hydrogen) atoms. The lowest BCUT2D eigenvalue weighted by Gasteiger charge is -2.22. The summed E-state index contributed by atoms with van der Waals surface area (Å²) >= 11 is 0. The molecule has 1 aromatic heterocycles. The fraction of sp³-hybridized carbons (Fsp3) is 0.467. The van der Waals surface area contributed by atoms with Crippen LogP contribution in [0.3, 0.4) is 0 Å². The van der Waals surface area contributed by atoms with Gasteiger partial charge in [-0.2, -0.15) is 0 Å². The molecule has 0 spiro atoms. The summed E-state index contributed by atoms with van der Waals surface area (Å²) in [6.07, 6.45) is 7.80.